The Balaban J connectivity index is 1.90. The van der Waals surface area contributed by atoms with Gasteiger partial charge in [0.2, 0.25) is 5.78 Å². The van der Waals surface area contributed by atoms with E-state index < -0.39 is 10.0 Å². The highest BCUT2D eigenvalue weighted by atomic mass is 32.2. The number of thioether (sulfide) groups is 1. The van der Waals surface area contributed by atoms with Gasteiger partial charge < -0.3 is 0 Å². The molecule has 0 amide bonds. The van der Waals surface area contributed by atoms with Crippen molar-refractivity contribution >= 4 is 33.3 Å². The van der Waals surface area contributed by atoms with Crippen LogP contribution >= 0.6 is 11.8 Å². The second kappa shape index (κ2) is 7.90. The number of hydrogen-bond acceptors (Lipinski definition) is 6. The van der Waals surface area contributed by atoms with Crippen LogP contribution in [0.4, 0.5) is 0 Å². The number of carbonyl (C=O) groups is 1. The van der Waals surface area contributed by atoms with Gasteiger partial charge in [0, 0.05) is 11.1 Å². The quantitative estimate of drug-likeness (QED) is 0.639. The Hall–Kier alpha value is -3.04. The Morgan fingerprint density at radius 3 is 2.26 bits per heavy atom. The monoisotopic (exact) mass is 452 g/mol. The van der Waals surface area contributed by atoms with Gasteiger partial charge in [0.25, 0.3) is 10.0 Å². The molecule has 1 heterocycles. The number of rotatable bonds is 4. The molecule has 0 spiro atoms. The number of aromatic amines is 1. The van der Waals surface area contributed by atoms with Gasteiger partial charge in [-0.3, -0.25) is 9.89 Å². The predicted molar refractivity (Wildman–Crippen MR) is 120 cm³/mol. The maximum absolute atomic E-state index is 13.4. The van der Waals surface area contributed by atoms with E-state index in [0.717, 1.165) is 22.9 Å². The molecule has 0 unspecified atom stereocenters. The molecule has 4 rings (SSSR count). The first kappa shape index (κ1) is 21.2. The number of aromatic nitrogens is 3. The van der Waals surface area contributed by atoms with Crippen molar-refractivity contribution < 1.29 is 13.2 Å². The Morgan fingerprint density at radius 2 is 1.65 bits per heavy atom. The van der Waals surface area contributed by atoms with Gasteiger partial charge in [-0.05, 0) is 67.8 Å². The normalized spacial score (nSPS) is 15.2. The number of allylic oxidation sites excluding steroid dienone is 2. The van der Waals surface area contributed by atoms with E-state index in [9.17, 15) is 13.2 Å². The van der Waals surface area contributed by atoms with Crippen molar-refractivity contribution in [3.05, 3.63) is 81.0 Å². The van der Waals surface area contributed by atoms with Gasteiger partial charge in [0.1, 0.15) is 6.33 Å². The summed E-state index contributed by atoms with van der Waals surface area (Å²) in [5, 5.41) is 6.92. The van der Waals surface area contributed by atoms with Gasteiger partial charge in [-0.2, -0.15) is 17.9 Å². The summed E-state index contributed by atoms with van der Waals surface area (Å²) in [7, 11) is -4.02. The van der Waals surface area contributed by atoms with Gasteiger partial charge in [-0.25, -0.2) is 4.98 Å². The molecule has 2 aromatic carbocycles. The first-order chi connectivity index (χ1) is 14.7. The average Bonchev–Trinajstić information content (AvgIpc) is 3.23. The van der Waals surface area contributed by atoms with E-state index >= 15 is 0 Å². The zero-order valence-electron chi connectivity index (χ0n) is 17.4. The van der Waals surface area contributed by atoms with Crippen molar-refractivity contribution in [1.29, 1.82) is 0 Å². The van der Waals surface area contributed by atoms with E-state index in [4.69, 9.17) is 0 Å². The summed E-state index contributed by atoms with van der Waals surface area (Å²) in [6.07, 6.45) is 2.85. The fourth-order valence-electron chi connectivity index (χ4n) is 3.55. The van der Waals surface area contributed by atoms with Crippen LogP contribution in [0.15, 0.2) is 62.1 Å². The number of benzene rings is 2. The van der Waals surface area contributed by atoms with Crippen LogP contribution in [0.2, 0.25) is 0 Å². The summed E-state index contributed by atoms with van der Waals surface area (Å²) in [4.78, 5) is 17.5. The lowest BCUT2D eigenvalue weighted by atomic mass is 9.94. The van der Waals surface area contributed by atoms with Crippen LogP contribution in [-0.2, 0) is 10.0 Å². The first-order valence-corrected chi connectivity index (χ1v) is 11.8. The maximum atomic E-state index is 13.4. The number of nitrogens with one attached hydrogen (secondary N) is 1. The van der Waals surface area contributed by atoms with Gasteiger partial charge in [-0.1, -0.05) is 30.3 Å². The van der Waals surface area contributed by atoms with Crippen molar-refractivity contribution in [2.75, 3.05) is 0 Å². The van der Waals surface area contributed by atoms with E-state index in [0.29, 0.717) is 32.3 Å². The number of ketones is 1. The van der Waals surface area contributed by atoms with Crippen molar-refractivity contribution in [2.24, 2.45) is 4.40 Å². The third-order valence-corrected chi connectivity index (χ3v) is 7.79. The van der Waals surface area contributed by atoms with Crippen LogP contribution in [0.1, 0.15) is 38.2 Å². The van der Waals surface area contributed by atoms with Crippen molar-refractivity contribution in [3.63, 3.8) is 0 Å². The highest BCUT2D eigenvalue weighted by Gasteiger charge is 2.28. The van der Waals surface area contributed by atoms with Crippen LogP contribution in [-0.4, -0.2) is 35.1 Å². The lowest BCUT2D eigenvalue weighted by Gasteiger charge is -2.18. The average molecular weight is 453 g/mol. The van der Waals surface area contributed by atoms with Crippen LogP contribution < -0.4 is 0 Å². The predicted octanol–water partition coefficient (Wildman–Crippen LogP) is 4.09. The van der Waals surface area contributed by atoms with Crippen molar-refractivity contribution in [2.45, 2.75) is 37.7 Å². The number of aryl methyl sites for hydroxylation is 2. The van der Waals surface area contributed by atoms with Crippen LogP contribution in [0, 0.1) is 27.7 Å². The number of carbonyl (C=O) groups excluding carboxylic acids is 1. The SMILES string of the molecule is Cc1cc(C)c(C)c(S(=O)(=O)/N=C2/C=C(Sc3ncn[nH]3)C(=O)c3ccccc32)c1C. The van der Waals surface area contributed by atoms with Crippen molar-refractivity contribution in [3.8, 4) is 0 Å². The van der Waals surface area contributed by atoms with Crippen LogP contribution in [0.5, 0.6) is 0 Å². The summed E-state index contributed by atoms with van der Waals surface area (Å²) in [6, 6.07) is 8.83. The summed E-state index contributed by atoms with van der Waals surface area (Å²) in [5.41, 5.74) is 4.22. The Kier molecular flexibility index (Phi) is 5.40. The smallest absolute Gasteiger partial charge is 0.283 e. The lowest BCUT2D eigenvalue weighted by molar-refractivity contribution is 0.104. The first-order valence-electron chi connectivity index (χ1n) is 9.50. The van der Waals surface area contributed by atoms with E-state index in [-0.39, 0.29) is 16.4 Å². The third kappa shape index (κ3) is 3.86. The van der Waals surface area contributed by atoms with E-state index in [1.165, 1.54) is 12.4 Å². The zero-order chi connectivity index (χ0) is 22.3. The largest absolute Gasteiger partial charge is 0.288 e. The molecule has 3 aromatic rings. The minimum absolute atomic E-state index is 0.213. The maximum Gasteiger partial charge on any atom is 0.283 e. The van der Waals surface area contributed by atoms with E-state index in [2.05, 4.69) is 19.6 Å². The highest BCUT2D eigenvalue weighted by molar-refractivity contribution is 8.04. The number of Topliss-reactive ketones (excluding diaryl/α,β-unsaturated/α-hetero) is 1. The van der Waals surface area contributed by atoms with Crippen LogP contribution in [0.25, 0.3) is 0 Å². The Morgan fingerprint density at radius 1 is 1.00 bits per heavy atom. The highest BCUT2D eigenvalue weighted by Crippen LogP contribution is 2.33. The molecule has 1 aromatic heterocycles. The molecule has 0 radical (unpaired) electrons. The number of fused-ring (bicyclic) bond motifs is 1. The minimum atomic E-state index is -4.02. The van der Waals surface area contributed by atoms with Crippen molar-refractivity contribution in [1.82, 2.24) is 15.2 Å². The molecule has 31 heavy (non-hydrogen) atoms. The molecule has 0 bridgehead atoms. The summed E-state index contributed by atoms with van der Waals surface area (Å²) < 4.78 is 31.0. The van der Waals surface area contributed by atoms with Gasteiger partial charge in [-0.15, -0.1) is 0 Å². The molecule has 1 aliphatic rings. The van der Waals surface area contributed by atoms with E-state index in [1.54, 1.807) is 38.1 Å². The van der Waals surface area contributed by atoms with E-state index in [1.807, 2.05) is 19.9 Å². The van der Waals surface area contributed by atoms with Crippen LogP contribution in [0.3, 0.4) is 0 Å². The summed E-state index contributed by atoms with van der Waals surface area (Å²) >= 11 is 1.09. The molecular formula is C22H20N4O3S2. The number of hydrogen-bond donors (Lipinski definition) is 1. The van der Waals surface area contributed by atoms with Gasteiger partial charge in [0.15, 0.2) is 5.16 Å². The second-order valence-electron chi connectivity index (χ2n) is 7.32. The molecule has 0 fully saturated rings. The molecule has 1 N–H and O–H groups in total. The fraction of sp³-hybridized carbons (Fsp3) is 0.182. The molecule has 0 saturated carbocycles. The zero-order valence-corrected chi connectivity index (χ0v) is 19.1. The third-order valence-electron chi connectivity index (χ3n) is 5.31. The lowest BCUT2D eigenvalue weighted by Crippen LogP contribution is -2.18. The second-order valence-corrected chi connectivity index (χ2v) is 9.89. The fourth-order valence-corrected chi connectivity index (χ4v) is 5.92. The summed E-state index contributed by atoms with van der Waals surface area (Å²) in [6.45, 7) is 7.34. The summed E-state index contributed by atoms with van der Waals surface area (Å²) in [5.74, 6) is -0.216. The Labute approximate surface area is 184 Å². The van der Waals surface area contributed by atoms with Gasteiger partial charge in [0.05, 0.1) is 15.5 Å². The molecule has 1 aliphatic carbocycles. The molecule has 0 saturated heterocycles. The molecule has 0 atom stereocenters. The number of H-pyrrole nitrogens is 1. The molecule has 158 valence electrons. The number of nitrogens with zero attached hydrogens (tertiary/aromatic N) is 3. The number of sulfonamides is 1. The topological polar surface area (TPSA) is 105 Å². The standard InChI is InChI=1S/C22H20N4O3S2/c1-12-9-13(2)15(4)21(14(12)3)31(28,29)26-18-10-19(30-22-23-11-24-25-22)20(27)17-8-6-5-7-16(17)18/h5-11H,1-4H3,(H,23,24,25)/b26-18-. The molecule has 9 heteroatoms. The minimum Gasteiger partial charge on any atom is -0.288 e. The molecule has 0 aliphatic heterocycles. The Bertz CT molecular complexity index is 1350. The van der Waals surface area contributed by atoms with Gasteiger partial charge >= 0.3 is 0 Å². The molecule has 7 nitrogen and oxygen atoms in total. The molecular weight excluding hydrogens is 432 g/mol.